The van der Waals surface area contributed by atoms with Crippen molar-refractivity contribution < 1.29 is 18.3 Å². The summed E-state index contributed by atoms with van der Waals surface area (Å²) >= 11 is 1.16. The molecule has 1 aliphatic rings. The summed E-state index contributed by atoms with van der Waals surface area (Å²) in [5.74, 6) is 0.169. The summed E-state index contributed by atoms with van der Waals surface area (Å²) in [4.78, 5) is 37.0. The monoisotopic (exact) mass is 525 g/mol. The first-order chi connectivity index (χ1) is 17.4. The first-order valence-corrected chi connectivity index (χ1v) is 13.5. The Morgan fingerprint density at radius 2 is 1.86 bits per heavy atom. The molecule has 1 amide bonds. The standard InChI is InChI=1S/C24H23N5O5S2/c1-34-18-8-6-17(7-9-18)16-29-22-19(4-2-10-25-22)26-21(24(29)31)23(30)27-11-13-28(14-12-27)36(32,33)20-5-3-15-35-20/h2-10,15H,11-14,16H2,1H3. The van der Waals surface area contributed by atoms with Gasteiger partial charge in [-0.05, 0) is 41.3 Å². The Balaban J connectivity index is 1.42. The molecule has 3 aromatic heterocycles. The summed E-state index contributed by atoms with van der Waals surface area (Å²) in [7, 11) is -2.02. The molecule has 1 saturated heterocycles. The van der Waals surface area contributed by atoms with Gasteiger partial charge in [-0.15, -0.1) is 4.31 Å². The smallest absolute Gasteiger partial charge is 0.284 e. The lowest BCUT2D eigenvalue weighted by molar-refractivity contribution is 0.0685. The molecule has 5 rings (SSSR count). The lowest BCUT2D eigenvalue weighted by Gasteiger charge is -2.35. The summed E-state index contributed by atoms with van der Waals surface area (Å²) in [5.41, 5.74) is 0.880. The van der Waals surface area contributed by atoms with Crippen LogP contribution in [0.25, 0.3) is 11.2 Å². The van der Waals surface area contributed by atoms with Gasteiger partial charge in [0.25, 0.3) is 11.5 Å². The highest BCUT2D eigenvalue weighted by molar-refractivity contribution is 7.97. The fraction of sp³-hybridized carbons (Fsp3) is 0.250. The van der Waals surface area contributed by atoms with E-state index in [1.165, 1.54) is 13.8 Å². The number of piperazine rings is 1. The SMILES string of the molecule is COc1ccc(Cn2c(=O)c(C(=O)N3CCN([S+](=O)([O-])c4cccs4)CC3)nc3cccnc32)cc1. The summed E-state index contributed by atoms with van der Waals surface area (Å²) < 4.78 is 33.9. The molecule has 0 saturated carbocycles. The topological polar surface area (TPSA) is 121 Å². The van der Waals surface area contributed by atoms with Gasteiger partial charge in [-0.2, -0.15) is 0 Å². The average Bonchev–Trinajstić information content (AvgIpc) is 3.46. The molecule has 4 aromatic rings. The molecule has 1 unspecified atom stereocenters. The van der Waals surface area contributed by atoms with Gasteiger partial charge in [-0.1, -0.05) is 27.7 Å². The summed E-state index contributed by atoms with van der Waals surface area (Å²) in [6, 6.07) is 13.9. The van der Waals surface area contributed by atoms with Gasteiger partial charge in [-0.25, -0.2) is 9.97 Å². The van der Waals surface area contributed by atoms with Crippen molar-refractivity contribution in [1.29, 1.82) is 0 Å². The normalized spacial score (nSPS) is 16.1. The third-order valence-corrected chi connectivity index (χ3v) is 9.29. The highest BCUT2D eigenvalue weighted by atomic mass is 32.3. The Labute approximate surface area is 212 Å². The van der Waals surface area contributed by atoms with E-state index in [0.717, 1.165) is 16.9 Å². The molecule has 0 radical (unpaired) electrons. The second-order valence-electron chi connectivity index (χ2n) is 8.17. The Kier molecular flexibility index (Phi) is 6.67. The molecule has 186 valence electrons. The summed E-state index contributed by atoms with van der Waals surface area (Å²) in [6.07, 6.45) is 1.57. The minimum atomic E-state index is -3.60. The van der Waals surface area contributed by atoms with E-state index >= 15 is 0 Å². The number of pyridine rings is 1. The molecule has 1 aliphatic heterocycles. The number of benzene rings is 1. The third kappa shape index (κ3) is 4.55. The van der Waals surface area contributed by atoms with Crippen LogP contribution in [-0.4, -0.2) is 67.5 Å². The fourth-order valence-electron chi connectivity index (χ4n) is 4.09. The lowest BCUT2D eigenvalue weighted by Crippen LogP contribution is -2.53. The summed E-state index contributed by atoms with van der Waals surface area (Å²) in [5, 5.41) is 1.71. The van der Waals surface area contributed by atoms with Crippen LogP contribution in [0.1, 0.15) is 16.1 Å². The average molecular weight is 526 g/mol. The maximum absolute atomic E-state index is 13.5. The van der Waals surface area contributed by atoms with E-state index in [-0.39, 0.29) is 42.6 Å². The Morgan fingerprint density at radius 1 is 1.11 bits per heavy atom. The zero-order valence-corrected chi connectivity index (χ0v) is 21.0. The van der Waals surface area contributed by atoms with E-state index in [2.05, 4.69) is 9.97 Å². The minimum Gasteiger partial charge on any atom is -0.592 e. The zero-order valence-electron chi connectivity index (χ0n) is 19.4. The second-order valence-corrected chi connectivity index (χ2v) is 11.3. The first kappa shape index (κ1) is 24.3. The fourth-order valence-corrected chi connectivity index (χ4v) is 6.66. The number of methoxy groups -OCH3 is 1. The van der Waals surface area contributed by atoms with Crippen LogP contribution in [0.4, 0.5) is 0 Å². The highest BCUT2D eigenvalue weighted by Gasteiger charge is 2.36. The van der Waals surface area contributed by atoms with Crippen LogP contribution in [0.3, 0.4) is 0 Å². The van der Waals surface area contributed by atoms with Crippen molar-refractivity contribution in [3.8, 4) is 5.75 Å². The molecule has 10 nitrogen and oxygen atoms in total. The molecule has 0 aliphatic carbocycles. The first-order valence-electron chi connectivity index (χ1n) is 11.2. The molecule has 0 N–H and O–H groups in total. The quantitative estimate of drug-likeness (QED) is 0.354. The Hall–Kier alpha value is -3.45. The molecule has 1 aromatic carbocycles. The number of carbonyl (C=O) groups excluding carboxylic acids is 1. The molecule has 4 heterocycles. The van der Waals surface area contributed by atoms with Crippen LogP contribution in [0.2, 0.25) is 0 Å². The molecule has 12 heteroatoms. The van der Waals surface area contributed by atoms with Gasteiger partial charge in [0.15, 0.2) is 21.7 Å². The second kappa shape index (κ2) is 9.90. The van der Waals surface area contributed by atoms with Crippen LogP contribution < -0.4 is 10.3 Å². The zero-order chi connectivity index (χ0) is 25.3. The van der Waals surface area contributed by atoms with Gasteiger partial charge in [0.1, 0.15) is 11.3 Å². The largest absolute Gasteiger partial charge is 0.592 e. The number of hydrogen-bond donors (Lipinski definition) is 0. The minimum absolute atomic E-state index is 0.140. The molecule has 0 bridgehead atoms. The van der Waals surface area contributed by atoms with Crippen molar-refractivity contribution in [2.75, 3.05) is 33.3 Å². The van der Waals surface area contributed by atoms with Crippen LogP contribution in [0.5, 0.6) is 5.75 Å². The number of nitrogens with zero attached hydrogens (tertiary/aromatic N) is 5. The number of hydrogen-bond acceptors (Lipinski definition) is 8. The number of carbonyl (C=O) groups is 1. The third-order valence-electron chi connectivity index (χ3n) is 6.02. The van der Waals surface area contributed by atoms with Crippen LogP contribution in [0.15, 0.2) is 69.1 Å². The van der Waals surface area contributed by atoms with Crippen molar-refractivity contribution in [3.05, 3.63) is 81.7 Å². The number of ether oxygens (including phenoxy) is 1. The van der Waals surface area contributed by atoms with E-state index in [1.54, 1.807) is 55.1 Å². The molecule has 36 heavy (non-hydrogen) atoms. The number of rotatable bonds is 6. The van der Waals surface area contributed by atoms with E-state index in [0.29, 0.717) is 16.9 Å². The van der Waals surface area contributed by atoms with Gasteiger partial charge in [0, 0.05) is 25.4 Å². The summed E-state index contributed by atoms with van der Waals surface area (Å²) in [6.45, 7) is 0.802. The highest BCUT2D eigenvalue weighted by Crippen LogP contribution is 2.27. The van der Waals surface area contributed by atoms with Crippen molar-refractivity contribution in [3.63, 3.8) is 0 Å². The molecular weight excluding hydrogens is 502 g/mol. The van der Waals surface area contributed by atoms with Gasteiger partial charge in [-0.3, -0.25) is 14.2 Å². The Morgan fingerprint density at radius 3 is 2.53 bits per heavy atom. The van der Waals surface area contributed by atoms with Crippen molar-refractivity contribution >= 4 is 38.8 Å². The van der Waals surface area contributed by atoms with Crippen molar-refractivity contribution in [1.82, 2.24) is 23.7 Å². The maximum atomic E-state index is 13.5. The van der Waals surface area contributed by atoms with Gasteiger partial charge in [0.2, 0.25) is 4.21 Å². The van der Waals surface area contributed by atoms with Gasteiger partial charge >= 0.3 is 0 Å². The van der Waals surface area contributed by atoms with Gasteiger partial charge in [0.05, 0.1) is 26.7 Å². The van der Waals surface area contributed by atoms with Crippen molar-refractivity contribution in [2.45, 2.75) is 10.8 Å². The Bertz CT molecular complexity index is 1500. The maximum Gasteiger partial charge on any atom is 0.284 e. The van der Waals surface area contributed by atoms with E-state index in [4.69, 9.17) is 4.74 Å². The van der Waals surface area contributed by atoms with Crippen LogP contribution in [0, 0.1) is 0 Å². The number of fused-ring (bicyclic) bond motifs is 1. The number of sulfonamides is 1. The van der Waals surface area contributed by atoms with Crippen LogP contribution in [-0.2, 0) is 21.2 Å². The molecule has 1 atom stereocenters. The predicted molar refractivity (Wildman–Crippen MR) is 135 cm³/mol. The number of amides is 1. The number of thiophene rings is 1. The van der Waals surface area contributed by atoms with E-state index in [1.807, 2.05) is 12.1 Å². The van der Waals surface area contributed by atoms with Crippen LogP contribution >= 0.6 is 11.3 Å². The van der Waals surface area contributed by atoms with E-state index in [9.17, 15) is 18.4 Å². The van der Waals surface area contributed by atoms with E-state index < -0.39 is 21.9 Å². The molecular formula is C24H23N5O5S2. The number of aromatic nitrogens is 3. The molecule has 1 fully saturated rings. The predicted octanol–water partition coefficient (Wildman–Crippen LogP) is 2.27. The van der Waals surface area contributed by atoms with Gasteiger partial charge < -0.3 is 14.2 Å². The molecule has 0 spiro atoms. The van der Waals surface area contributed by atoms with Crippen molar-refractivity contribution in [2.24, 2.45) is 0 Å². The lowest BCUT2D eigenvalue weighted by atomic mass is 10.2.